The van der Waals surface area contributed by atoms with E-state index in [2.05, 4.69) is 41.1 Å². The van der Waals surface area contributed by atoms with E-state index in [9.17, 15) is 33.8 Å². The van der Waals surface area contributed by atoms with Gasteiger partial charge in [-0.2, -0.15) is 0 Å². The van der Waals surface area contributed by atoms with Crippen molar-refractivity contribution in [1.29, 1.82) is 0 Å². The number of aliphatic hydroxyl groups excluding tert-OH is 1. The second kappa shape index (κ2) is 22.9. The van der Waals surface area contributed by atoms with E-state index in [-0.39, 0.29) is 52.8 Å². The van der Waals surface area contributed by atoms with Gasteiger partial charge in [0.15, 0.2) is 5.65 Å². The molecule has 5 heterocycles. The Hall–Kier alpha value is -7.03. The number of ketones is 2. The minimum Gasteiger partial charge on any atom is -0.474 e. The van der Waals surface area contributed by atoms with Crippen molar-refractivity contribution in [2.24, 2.45) is 17.6 Å². The summed E-state index contributed by atoms with van der Waals surface area (Å²) in [4.78, 5) is 63.2. The maximum atomic E-state index is 13.2. The number of carbonyl (C=O) groups excluding carboxylic acids is 3. The highest BCUT2D eigenvalue weighted by Crippen LogP contribution is 2.28. The van der Waals surface area contributed by atoms with Gasteiger partial charge in [-0.3, -0.25) is 29.0 Å². The average molecular weight is 927 g/mol. The highest BCUT2D eigenvalue weighted by molar-refractivity contribution is 6.23. The normalized spacial score (nSPS) is 22.6. The quantitative estimate of drug-likeness (QED) is 0.0803. The Morgan fingerprint density at radius 3 is 2.46 bits per heavy atom. The van der Waals surface area contributed by atoms with E-state index in [1.807, 2.05) is 44.4 Å². The second-order valence-electron chi connectivity index (χ2n) is 16.7. The number of H-pyrrole nitrogens is 1. The number of carbonyl (C=O) groups is 4. The molecule has 1 aliphatic carbocycles. The molecule has 20 heteroatoms. The lowest BCUT2D eigenvalue weighted by molar-refractivity contribution is -0.120. The lowest BCUT2D eigenvalue weighted by Gasteiger charge is -2.30. The molecule has 0 saturated heterocycles. The third-order valence-corrected chi connectivity index (χ3v) is 11.1. The summed E-state index contributed by atoms with van der Waals surface area (Å²) in [6.45, 7) is 12.7. The topological polar surface area (TPSA) is 271 Å². The van der Waals surface area contributed by atoms with Crippen molar-refractivity contribution in [3.05, 3.63) is 113 Å². The molecule has 19 nitrogen and oxygen atoms in total. The summed E-state index contributed by atoms with van der Waals surface area (Å²) in [5.41, 5.74) is 8.71. The van der Waals surface area contributed by atoms with Crippen LogP contribution in [0.25, 0.3) is 17.0 Å². The molecular formula is C47H59FN10O9. The summed E-state index contributed by atoms with van der Waals surface area (Å²) in [5.74, 6) is -0.869. The third-order valence-electron chi connectivity index (χ3n) is 11.1. The fraction of sp³-hybridized carbons (Fsp3) is 0.404. The average Bonchev–Trinajstić information content (AvgIpc) is 3.93. The number of fused-ring (bicyclic) bond motifs is 3. The Morgan fingerprint density at radius 1 is 1.06 bits per heavy atom. The molecule has 7 atom stereocenters. The number of nitrogens with two attached hydrogens (primary N) is 1. The first-order valence-corrected chi connectivity index (χ1v) is 21.6. The largest absolute Gasteiger partial charge is 0.474 e. The van der Waals surface area contributed by atoms with Crippen LogP contribution in [-0.4, -0.2) is 108 Å². The smallest absolute Gasteiger partial charge is 0.405 e. The lowest BCUT2D eigenvalue weighted by Crippen LogP contribution is -2.44. The van der Waals surface area contributed by atoms with Gasteiger partial charge in [-0.1, -0.05) is 43.7 Å². The number of halogens is 1. The predicted molar refractivity (Wildman–Crippen MR) is 247 cm³/mol. The van der Waals surface area contributed by atoms with E-state index in [1.165, 1.54) is 45.6 Å². The minimum atomic E-state index is -1.25. The number of methoxy groups -OCH3 is 2. The number of allylic oxidation sites excluding steroid dienone is 4. The molecule has 4 aromatic heterocycles. The summed E-state index contributed by atoms with van der Waals surface area (Å²) in [6, 6.07) is 7.64. The number of aliphatic hydroxyl groups is 1. The number of hydrogen-bond donors (Lipinski definition) is 7. The molecule has 0 aromatic carbocycles. The summed E-state index contributed by atoms with van der Waals surface area (Å²) in [6.07, 6.45) is 7.15. The molecule has 358 valence electrons. The van der Waals surface area contributed by atoms with Gasteiger partial charge in [0, 0.05) is 43.4 Å². The molecule has 2 amide bonds. The maximum Gasteiger partial charge on any atom is 0.405 e. The number of Topliss-reactive ketones (excluding diaryl/α,β-unsaturated/α-hetero) is 1. The number of amides is 2. The van der Waals surface area contributed by atoms with Gasteiger partial charge in [0.05, 0.1) is 59.8 Å². The van der Waals surface area contributed by atoms with Gasteiger partial charge in [-0.05, 0) is 77.6 Å². The van der Waals surface area contributed by atoms with Gasteiger partial charge in [0.25, 0.3) is 5.91 Å². The number of pyridine rings is 2. The first-order valence-electron chi connectivity index (χ1n) is 21.6. The van der Waals surface area contributed by atoms with Crippen LogP contribution in [0.4, 0.5) is 15.0 Å². The molecule has 1 aliphatic heterocycles. The zero-order valence-corrected chi connectivity index (χ0v) is 38.9. The van der Waals surface area contributed by atoms with Crippen molar-refractivity contribution in [3.63, 3.8) is 0 Å². The number of imidazole rings is 1. The highest BCUT2D eigenvalue weighted by Gasteiger charge is 2.32. The molecule has 8 N–H and O–H groups in total. The molecule has 0 radical (unpaired) electrons. The van der Waals surface area contributed by atoms with E-state index in [0.29, 0.717) is 35.2 Å². The summed E-state index contributed by atoms with van der Waals surface area (Å²) < 4.78 is 31.6. The highest BCUT2D eigenvalue weighted by atomic mass is 19.1. The summed E-state index contributed by atoms with van der Waals surface area (Å²) in [5, 5.41) is 35.9. The molecule has 6 rings (SSSR count). The lowest BCUT2D eigenvalue weighted by atomic mass is 9.85. The summed E-state index contributed by atoms with van der Waals surface area (Å²) in [7, 11) is 2.89. The van der Waals surface area contributed by atoms with Crippen molar-refractivity contribution < 1.29 is 48.0 Å². The number of rotatable bonds is 9. The Bertz CT molecular complexity index is 2580. The van der Waals surface area contributed by atoms with E-state index in [0.717, 1.165) is 17.3 Å². The zero-order chi connectivity index (χ0) is 49.1. The van der Waals surface area contributed by atoms with Crippen molar-refractivity contribution in [2.75, 3.05) is 19.5 Å². The van der Waals surface area contributed by atoms with Crippen LogP contribution < -0.4 is 26.4 Å². The molecule has 2 bridgehead atoms. The molecule has 0 unspecified atom stereocenters. The number of nitrogens with one attached hydrogen (secondary N) is 4. The first-order chi connectivity index (χ1) is 31.8. The summed E-state index contributed by atoms with van der Waals surface area (Å²) >= 11 is 0. The molecule has 2 aliphatic rings. The van der Waals surface area contributed by atoms with E-state index in [1.54, 1.807) is 44.5 Å². The number of carboxylic acid groups (broad SMARTS) is 1. The maximum absolute atomic E-state index is 13.2. The van der Waals surface area contributed by atoms with Gasteiger partial charge >= 0.3 is 6.09 Å². The van der Waals surface area contributed by atoms with Gasteiger partial charge in [0.1, 0.15) is 29.3 Å². The number of ether oxygens (including phenoxy) is 3. The van der Waals surface area contributed by atoms with Crippen LogP contribution in [0.15, 0.2) is 101 Å². The Balaban J connectivity index is 0.000000263. The molecule has 0 fully saturated rings. The van der Waals surface area contributed by atoms with Crippen LogP contribution in [-0.2, 0) is 23.9 Å². The van der Waals surface area contributed by atoms with Crippen LogP contribution in [0.1, 0.15) is 73.0 Å². The monoisotopic (exact) mass is 926 g/mol. The standard InChI is InChI=1S/C28H39N3O8.C19H20FN7O/c1-14-10-18-23(29)20(32)13-19(26(18)34)30-27(35)15(2)8-7-9-21(38-5)24(31-28(36)37)16(3)12-17(4)25(33)22(11-14)39-6;1-11(2)28-18-8-17(25-26-18)27-10-22-15-6-7-16(24-19(15)27)23-12(3)14-5-4-13(20)9-21-14/h7-9,12-14,17,21-22,24-25,31,33H,10-11,29H2,1-6H3,(H,30,35)(H,36,37);4-12H,1-3H3,(H,23,24)(H,25,26)/t14-,17+,21+,22+,24+,25-;12-/m10/s1. The number of nitrogens with zero attached hydrogens (tertiary/aromatic N) is 5. The molecule has 67 heavy (non-hydrogen) atoms. The number of anilines is 1. The van der Waals surface area contributed by atoms with Crippen molar-refractivity contribution in [1.82, 2.24) is 40.3 Å². The van der Waals surface area contributed by atoms with Crippen LogP contribution in [0, 0.1) is 17.7 Å². The van der Waals surface area contributed by atoms with Gasteiger partial charge in [0.2, 0.25) is 17.4 Å². The van der Waals surface area contributed by atoms with Crippen molar-refractivity contribution in [3.8, 4) is 11.7 Å². The van der Waals surface area contributed by atoms with Gasteiger partial charge < -0.3 is 46.1 Å². The van der Waals surface area contributed by atoms with Crippen LogP contribution in [0.5, 0.6) is 5.88 Å². The van der Waals surface area contributed by atoms with E-state index < -0.39 is 53.8 Å². The predicted octanol–water partition coefficient (Wildman–Crippen LogP) is 5.53. The fourth-order valence-electron chi connectivity index (χ4n) is 7.49. The first kappa shape index (κ1) is 51.0. The van der Waals surface area contributed by atoms with E-state index >= 15 is 0 Å². The SMILES string of the molecule is CC(C)Oc1cc(-n2cnc3ccc(N[C@@H](C)c4ccc(F)cn4)nc32)[nH]n1.CO[C@H]1C=CC=C(C)C(=O)NC2=CC(=O)C(N)=C(C[C@@H](C)C[C@H](OC)[C@H](O)[C@@H](C)C=C(C)[C@@H]1NC(=O)O)C2=O. The van der Waals surface area contributed by atoms with E-state index in [4.69, 9.17) is 19.9 Å². The zero-order valence-electron chi connectivity index (χ0n) is 38.9. The Morgan fingerprint density at radius 2 is 1.81 bits per heavy atom. The number of aromatic nitrogens is 6. The molecule has 4 aromatic rings. The van der Waals surface area contributed by atoms with Crippen LogP contribution in [0.2, 0.25) is 0 Å². The van der Waals surface area contributed by atoms with Gasteiger partial charge in [-0.15, -0.1) is 5.10 Å². The fourth-order valence-corrected chi connectivity index (χ4v) is 7.49. The third kappa shape index (κ3) is 13.3. The second-order valence-corrected chi connectivity index (χ2v) is 16.7. The minimum absolute atomic E-state index is 0.0335. The number of hydrogen-bond acceptors (Lipinski definition) is 14. The van der Waals surface area contributed by atoms with Gasteiger partial charge in [-0.25, -0.2) is 19.2 Å². The van der Waals surface area contributed by atoms with Crippen LogP contribution in [0.3, 0.4) is 0 Å². The molecule has 0 saturated carbocycles. The van der Waals surface area contributed by atoms with Crippen molar-refractivity contribution >= 4 is 40.5 Å². The molecule has 0 spiro atoms. The number of aromatic amines is 1. The Labute approximate surface area is 387 Å². The van der Waals surface area contributed by atoms with Crippen LogP contribution >= 0.6 is 0 Å². The molecular weight excluding hydrogens is 868 g/mol. The Kier molecular flexibility index (Phi) is 17.4. The van der Waals surface area contributed by atoms with Crippen molar-refractivity contribution in [2.45, 2.75) is 97.8 Å².